The molecular weight excluding hydrogens is 533 g/mol. The number of sulfone groups is 1. The van der Waals surface area contributed by atoms with E-state index in [4.69, 9.17) is 9.40 Å². The highest BCUT2D eigenvalue weighted by Gasteiger charge is 2.47. The van der Waals surface area contributed by atoms with E-state index in [1.165, 1.54) is 18.3 Å². The summed E-state index contributed by atoms with van der Waals surface area (Å²) in [5, 5.41) is 12.5. The van der Waals surface area contributed by atoms with Gasteiger partial charge in [-0.25, -0.2) is 22.8 Å². The van der Waals surface area contributed by atoms with Crippen molar-refractivity contribution in [2.45, 2.75) is 50.0 Å². The number of anilines is 1. The highest BCUT2D eigenvalue weighted by molar-refractivity contribution is 7.91. The smallest absolute Gasteiger partial charge is 0.249 e. The number of hydrogen-bond acceptors (Lipinski definition) is 8. The Morgan fingerprint density at radius 1 is 1.10 bits per heavy atom. The molecule has 40 heavy (non-hydrogen) atoms. The first-order valence-electron chi connectivity index (χ1n) is 13.7. The number of aromatic nitrogens is 2. The Hall–Kier alpha value is -3.78. The number of nitriles is 1. The third kappa shape index (κ3) is 5.20. The summed E-state index contributed by atoms with van der Waals surface area (Å²) in [6, 6.07) is 12.6. The molecule has 0 radical (unpaired) electrons. The average Bonchev–Trinajstić information content (AvgIpc) is 3.60. The molecule has 2 aliphatic carbocycles. The Labute approximate surface area is 232 Å². The standard InChI is InChI=1S/C29H30FN5O4S/c30-23-6-3-13-32-25(23)28-33-24(19-7-9-20(10-8-19)35-14-16-40(37,38)17-15-35)26(39-28)21-4-1-2-5-22(21)27(36)34-29(18-31)11-12-29/h3,6-10,13,21-22H,1-2,4-5,11-12,14-17H2,(H,34,36). The first-order valence-corrected chi connectivity index (χ1v) is 15.5. The number of halogens is 1. The molecule has 6 rings (SSSR count). The predicted molar refractivity (Wildman–Crippen MR) is 146 cm³/mol. The number of nitrogens with one attached hydrogen (secondary N) is 1. The summed E-state index contributed by atoms with van der Waals surface area (Å²) in [7, 11) is -2.99. The van der Waals surface area contributed by atoms with Crippen molar-refractivity contribution in [3.05, 3.63) is 54.2 Å². The number of nitrogens with zero attached hydrogens (tertiary/aromatic N) is 4. The Balaban J connectivity index is 1.36. The number of benzene rings is 1. The van der Waals surface area contributed by atoms with Gasteiger partial charge in [-0.2, -0.15) is 5.26 Å². The van der Waals surface area contributed by atoms with Gasteiger partial charge in [-0.05, 0) is 49.9 Å². The van der Waals surface area contributed by atoms with E-state index in [2.05, 4.69) is 16.4 Å². The van der Waals surface area contributed by atoms with Crippen LogP contribution >= 0.6 is 0 Å². The first-order chi connectivity index (χ1) is 19.3. The molecule has 208 valence electrons. The van der Waals surface area contributed by atoms with Gasteiger partial charge in [-0.15, -0.1) is 0 Å². The molecule has 2 unspecified atom stereocenters. The molecule has 1 aliphatic heterocycles. The van der Waals surface area contributed by atoms with E-state index in [-0.39, 0.29) is 34.9 Å². The van der Waals surface area contributed by atoms with Crippen molar-refractivity contribution in [2.75, 3.05) is 29.5 Å². The summed E-state index contributed by atoms with van der Waals surface area (Å²) >= 11 is 0. The van der Waals surface area contributed by atoms with Gasteiger partial charge in [-0.3, -0.25) is 4.79 Å². The topological polar surface area (TPSA) is 129 Å². The molecule has 1 amide bonds. The average molecular weight is 564 g/mol. The zero-order valence-corrected chi connectivity index (χ0v) is 22.8. The highest BCUT2D eigenvalue weighted by atomic mass is 32.2. The second-order valence-corrected chi connectivity index (χ2v) is 13.2. The zero-order valence-electron chi connectivity index (χ0n) is 22.0. The fourth-order valence-corrected chi connectivity index (χ4v) is 6.91. The second kappa shape index (κ2) is 10.3. The maximum absolute atomic E-state index is 14.7. The van der Waals surface area contributed by atoms with Crippen molar-refractivity contribution in [1.82, 2.24) is 15.3 Å². The third-order valence-corrected chi connectivity index (χ3v) is 9.84. The molecule has 0 spiro atoms. The van der Waals surface area contributed by atoms with Crippen molar-refractivity contribution in [3.63, 3.8) is 0 Å². The predicted octanol–water partition coefficient (Wildman–Crippen LogP) is 4.22. The van der Waals surface area contributed by atoms with Crippen molar-refractivity contribution in [2.24, 2.45) is 5.92 Å². The van der Waals surface area contributed by atoms with E-state index in [0.29, 0.717) is 50.2 Å². The monoisotopic (exact) mass is 563 g/mol. The van der Waals surface area contributed by atoms with Crippen LogP contribution in [-0.2, 0) is 14.6 Å². The van der Waals surface area contributed by atoms with E-state index in [1.54, 1.807) is 0 Å². The summed E-state index contributed by atoms with van der Waals surface area (Å²) in [6.45, 7) is 0.867. The van der Waals surface area contributed by atoms with Crippen molar-refractivity contribution < 1.29 is 22.0 Å². The zero-order chi connectivity index (χ0) is 27.9. The van der Waals surface area contributed by atoms with Gasteiger partial charge in [-0.1, -0.05) is 25.0 Å². The van der Waals surface area contributed by atoms with E-state index < -0.39 is 27.1 Å². The van der Waals surface area contributed by atoms with Crippen molar-refractivity contribution in [3.8, 4) is 28.9 Å². The van der Waals surface area contributed by atoms with Gasteiger partial charge in [0.2, 0.25) is 11.8 Å². The van der Waals surface area contributed by atoms with Crippen molar-refractivity contribution >= 4 is 21.4 Å². The van der Waals surface area contributed by atoms with Gasteiger partial charge in [0.05, 0.1) is 17.6 Å². The second-order valence-electron chi connectivity index (χ2n) is 10.9. The summed E-state index contributed by atoms with van der Waals surface area (Å²) < 4.78 is 44.7. The Kier molecular flexibility index (Phi) is 6.82. The quantitative estimate of drug-likeness (QED) is 0.472. The Morgan fingerprint density at radius 3 is 2.50 bits per heavy atom. The summed E-state index contributed by atoms with van der Waals surface area (Å²) in [5.41, 5.74) is 1.41. The van der Waals surface area contributed by atoms with Crippen LogP contribution in [-0.4, -0.2) is 54.4 Å². The minimum atomic E-state index is -2.99. The Morgan fingerprint density at radius 2 is 1.82 bits per heavy atom. The van der Waals surface area contributed by atoms with E-state index in [0.717, 1.165) is 24.1 Å². The van der Waals surface area contributed by atoms with Crippen molar-refractivity contribution in [1.29, 1.82) is 5.26 Å². The third-order valence-electron chi connectivity index (χ3n) is 8.23. The molecule has 1 aromatic carbocycles. The van der Waals surface area contributed by atoms with Crippen LogP contribution in [0.4, 0.5) is 10.1 Å². The van der Waals surface area contributed by atoms with Crippen LogP contribution < -0.4 is 10.2 Å². The van der Waals surface area contributed by atoms with Gasteiger partial charge in [0.25, 0.3) is 0 Å². The fourth-order valence-electron chi connectivity index (χ4n) is 5.71. The maximum atomic E-state index is 14.7. The number of hydrogen-bond donors (Lipinski definition) is 1. The molecule has 3 aromatic rings. The lowest BCUT2D eigenvalue weighted by Gasteiger charge is -2.30. The molecule has 0 bridgehead atoms. The fraction of sp³-hybridized carbons (Fsp3) is 0.448. The van der Waals surface area contributed by atoms with Gasteiger partial charge in [0.15, 0.2) is 21.3 Å². The molecule has 3 fully saturated rings. The number of carbonyl (C=O) groups is 1. The Bertz CT molecular complexity index is 1560. The van der Waals surface area contributed by atoms with Crippen LogP contribution in [0.3, 0.4) is 0 Å². The normalized spacial score (nSPS) is 23.2. The summed E-state index contributed by atoms with van der Waals surface area (Å²) in [4.78, 5) is 24.3. The van der Waals surface area contributed by atoms with Crippen LogP contribution in [0.1, 0.15) is 50.2 Å². The number of amides is 1. The molecule has 1 N–H and O–H groups in total. The first kappa shape index (κ1) is 26.4. The lowest BCUT2D eigenvalue weighted by molar-refractivity contribution is -0.127. The minimum absolute atomic E-state index is 0.000582. The molecule has 3 aliphatic rings. The lowest BCUT2D eigenvalue weighted by Crippen LogP contribution is -2.42. The van der Waals surface area contributed by atoms with E-state index in [9.17, 15) is 22.9 Å². The van der Waals surface area contributed by atoms with Crippen LogP contribution in [0.2, 0.25) is 0 Å². The summed E-state index contributed by atoms with van der Waals surface area (Å²) in [5.74, 6) is -0.599. The lowest BCUT2D eigenvalue weighted by atomic mass is 9.76. The van der Waals surface area contributed by atoms with Crippen LogP contribution in [0.15, 0.2) is 47.0 Å². The molecule has 2 aromatic heterocycles. The SMILES string of the molecule is N#CC1(NC(=O)C2CCCCC2c2oc(-c3ncccc3F)nc2-c2ccc(N3CCS(=O)(=O)CC3)cc2)CC1. The molecule has 9 nitrogen and oxygen atoms in total. The van der Waals surface area contributed by atoms with Gasteiger partial charge < -0.3 is 14.6 Å². The molecular formula is C29H30FN5O4S. The van der Waals surface area contributed by atoms with E-state index >= 15 is 0 Å². The van der Waals surface area contributed by atoms with E-state index in [1.807, 2.05) is 29.2 Å². The number of pyridine rings is 1. The highest BCUT2D eigenvalue weighted by Crippen LogP contribution is 2.45. The number of rotatable bonds is 6. The van der Waals surface area contributed by atoms with Crippen LogP contribution in [0, 0.1) is 23.1 Å². The largest absolute Gasteiger partial charge is 0.439 e. The molecule has 2 atom stereocenters. The molecule has 2 saturated carbocycles. The van der Waals surface area contributed by atoms with Crippen LogP contribution in [0.5, 0.6) is 0 Å². The number of carbonyl (C=O) groups excluding carboxylic acids is 1. The number of oxazole rings is 1. The van der Waals surface area contributed by atoms with Gasteiger partial charge in [0.1, 0.15) is 17.0 Å². The molecule has 1 saturated heterocycles. The minimum Gasteiger partial charge on any atom is -0.439 e. The molecule has 3 heterocycles. The summed E-state index contributed by atoms with van der Waals surface area (Å²) in [6.07, 6.45) is 5.93. The van der Waals surface area contributed by atoms with Crippen LogP contribution in [0.25, 0.3) is 22.8 Å². The van der Waals surface area contributed by atoms with Gasteiger partial charge in [0, 0.05) is 42.4 Å². The maximum Gasteiger partial charge on any atom is 0.249 e. The van der Waals surface area contributed by atoms with Gasteiger partial charge >= 0.3 is 0 Å². The molecule has 11 heteroatoms.